The summed E-state index contributed by atoms with van der Waals surface area (Å²) in [6.07, 6.45) is 4.72. The maximum atomic E-state index is 13.0. The molecule has 31 heavy (non-hydrogen) atoms. The Balaban J connectivity index is 1.57. The van der Waals surface area contributed by atoms with E-state index in [4.69, 9.17) is 4.74 Å². The van der Waals surface area contributed by atoms with Crippen LogP contribution in [0.4, 0.5) is 0 Å². The zero-order chi connectivity index (χ0) is 22.0. The van der Waals surface area contributed by atoms with Crippen molar-refractivity contribution in [2.45, 2.75) is 50.6 Å². The largest absolute Gasteiger partial charge is 0.390 e. The maximum absolute atomic E-state index is 13.0. The first-order chi connectivity index (χ1) is 14.9. The molecular formula is C24H25N3O4. The number of carbonyl (C=O) groups excluding carboxylic acids is 1. The number of ketones is 1. The molecule has 1 aliphatic rings. The number of benzene rings is 1. The third-order valence-electron chi connectivity index (χ3n) is 5.93. The Morgan fingerprint density at radius 2 is 1.94 bits per heavy atom. The monoisotopic (exact) mass is 419 g/mol. The predicted molar refractivity (Wildman–Crippen MR) is 114 cm³/mol. The van der Waals surface area contributed by atoms with E-state index >= 15 is 0 Å². The molecule has 0 aliphatic carbocycles. The first-order valence-electron chi connectivity index (χ1n) is 10.3. The molecule has 3 aromatic rings. The minimum atomic E-state index is -1.33. The van der Waals surface area contributed by atoms with Crippen LogP contribution in [0.25, 0.3) is 11.3 Å². The topological polar surface area (TPSA) is 105 Å². The highest BCUT2D eigenvalue weighted by Crippen LogP contribution is 2.38. The number of carbonyl (C=O) groups is 1. The molecule has 7 heteroatoms. The smallest absolute Gasteiger partial charge is 0.187 e. The van der Waals surface area contributed by atoms with Crippen molar-refractivity contribution in [1.82, 2.24) is 15.0 Å². The van der Waals surface area contributed by atoms with Crippen molar-refractivity contribution in [3.8, 4) is 11.3 Å². The Hall–Kier alpha value is -3.00. The lowest BCUT2D eigenvalue weighted by Gasteiger charge is -2.43. The predicted octanol–water partition coefficient (Wildman–Crippen LogP) is 2.93. The number of hydrogen-bond donors (Lipinski definition) is 2. The van der Waals surface area contributed by atoms with Crippen LogP contribution < -0.4 is 0 Å². The van der Waals surface area contributed by atoms with Gasteiger partial charge in [-0.3, -0.25) is 14.8 Å². The van der Waals surface area contributed by atoms with Crippen molar-refractivity contribution in [1.29, 1.82) is 0 Å². The summed E-state index contributed by atoms with van der Waals surface area (Å²) >= 11 is 0. The summed E-state index contributed by atoms with van der Waals surface area (Å²) < 4.78 is 5.99. The molecule has 160 valence electrons. The summed E-state index contributed by atoms with van der Waals surface area (Å²) in [6, 6.07) is 11.4. The number of aliphatic hydroxyl groups is 2. The lowest BCUT2D eigenvalue weighted by Crippen LogP contribution is -2.54. The van der Waals surface area contributed by atoms with Crippen LogP contribution in [-0.4, -0.2) is 48.8 Å². The minimum absolute atomic E-state index is 0.0802. The summed E-state index contributed by atoms with van der Waals surface area (Å²) in [7, 11) is 0. The lowest BCUT2D eigenvalue weighted by atomic mass is 9.84. The third-order valence-corrected chi connectivity index (χ3v) is 5.93. The van der Waals surface area contributed by atoms with E-state index in [0.717, 1.165) is 11.1 Å². The van der Waals surface area contributed by atoms with Gasteiger partial charge in [0, 0.05) is 30.8 Å². The Bertz CT molecular complexity index is 1060. The molecule has 1 fully saturated rings. The van der Waals surface area contributed by atoms with Gasteiger partial charge in [0.25, 0.3) is 0 Å². The van der Waals surface area contributed by atoms with E-state index < -0.39 is 23.9 Å². The van der Waals surface area contributed by atoms with Gasteiger partial charge in [0.2, 0.25) is 0 Å². The van der Waals surface area contributed by atoms with Gasteiger partial charge in [-0.2, -0.15) is 0 Å². The molecule has 0 saturated carbocycles. The number of pyridine rings is 1. The molecule has 1 aliphatic heterocycles. The van der Waals surface area contributed by atoms with E-state index in [1.807, 2.05) is 30.3 Å². The van der Waals surface area contributed by atoms with Gasteiger partial charge in [0.05, 0.1) is 36.4 Å². The van der Waals surface area contributed by atoms with Crippen LogP contribution >= 0.6 is 0 Å². The second kappa shape index (κ2) is 8.63. The van der Waals surface area contributed by atoms with E-state index in [1.54, 1.807) is 38.5 Å². The summed E-state index contributed by atoms with van der Waals surface area (Å²) in [5.74, 6) is -0.184. The maximum Gasteiger partial charge on any atom is 0.187 e. The zero-order valence-corrected chi connectivity index (χ0v) is 17.5. The van der Waals surface area contributed by atoms with Gasteiger partial charge in [-0.15, -0.1) is 0 Å². The summed E-state index contributed by atoms with van der Waals surface area (Å²) in [4.78, 5) is 25.8. The molecule has 1 saturated heterocycles. The van der Waals surface area contributed by atoms with Crippen LogP contribution in [0.15, 0.2) is 61.2 Å². The molecule has 0 amide bonds. The van der Waals surface area contributed by atoms with Gasteiger partial charge < -0.3 is 14.9 Å². The summed E-state index contributed by atoms with van der Waals surface area (Å²) in [5.41, 5.74) is 1.94. The Labute approximate surface area is 180 Å². The molecule has 2 aromatic heterocycles. The summed E-state index contributed by atoms with van der Waals surface area (Å²) in [5, 5.41) is 20.8. The molecule has 3 heterocycles. The van der Waals surface area contributed by atoms with Gasteiger partial charge in [0.1, 0.15) is 11.3 Å². The number of aromatic nitrogens is 3. The average molecular weight is 419 g/mol. The third kappa shape index (κ3) is 4.39. The van der Waals surface area contributed by atoms with Crippen LogP contribution in [-0.2, 0) is 11.2 Å². The molecule has 4 rings (SSSR count). The van der Waals surface area contributed by atoms with Gasteiger partial charge in [-0.1, -0.05) is 30.3 Å². The standard InChI is InChI=1S/C24H25N3O4/c1-15-24(2,30)23(29)11-22(31-15)18-8-9-25-12-17(18)10-21(28)20-14-26-13-19(27-20)16-6-4-3-5-7-16/h3-9,12-15,22-23,29-30H,10-11H2,1-2H3/t15-,22-,23-,24-/m0/s1. The van der Waals surface area contributed by atoms with Gasteiger partial charge in [0.15, 0.2) is 5.78 Å². The fourth-order valence-electron chi connectivity index (χ4n) is 3.76. The van der Waals surface area contributed by atoms with Gasteiger partial charge in [-0.05, 0) is 31.0 Å². The Kier molecular flexibility index (Phi) is 5.91. The van der Waals surface area contributed by atoms with Crippen molar-refractivity contribution in [2.24, 2.45) is 0 Å². The quantitative estimate of drug-likeness (QED) is 0.613. The number of Topliss-reactive ketones (excluding diaryl/α,β-unsaturated/α-hetero) is 1. The van der Waals surface area contributed by atoms with Crippen molar-refractivity contribution < 1.29 is 19.7 Å². The van der Waals surface area contributed by atoms with E-state index in [0.29, 0.717) is 11.3 Å². The molecule has 1 aromatic carbocycles. The van der Waals surface area contributed by atoms with E-state index in [1.165, 1.54) is 6.20 Å². The van der Waals surface area contributed by atoms with Gasteiger partial charge >= 0.3 is 0 Å². The van der Waals surface area contributed by atoms with E-state index in [9.17, 15) is 15.0 Å². The van der Waals surface area contributed by atoms with Crippen LogP contribution in [0.3, 0.4) is 0 Å². The van der Waals surface area contributed by atoms with Crippen molar-refractivity contribution in [3.63, 3.8) is 0 Å². The van der Waals surface area contributed by atoms with E-state index in [2.05, 4.69) is 15.0 Å². The lowest BCUT2D eigenvalue weighted by molar-refractivity contribution is -0.215. The first-order valence-corrected chi connectivity index (χ1v) is 10.3. The minimum Gasteiger partial charge on any atom is -0.390 e. The van der Waals surface area contributed by atoms with Crippen LogP contribution in [0, 0.1) is 0 Å². The average Bonchev–Trinajstić information content (AvgIpc) is 2.78. The van der Waals surface area contributed by atoms with Crippen molar-refractivity contribution >= 4 is 5.78 Å². The highest BCUT2D eigenvalue weighted by atomic mass is 16.5. The molecule has 4 atom stereocenters. The molecular weight excluding hydrogens is 394 g/mol. The number of ether oxygens (including phenoxy) is 1. The SMILES string of the molecule is C[C@@H]1O[C@H](c2ccncc2CC(=O)c2cncc(-c3ccccc3)n2)C[C@H](O)[C@@]1(C)O. The highest BCUT2D eigenvalue weighted by molar-refractivity contribution is 5.96. The molecule has 0 radical (unpaired) electrons. The van der Waals surface area contributed by atoms with Crippen LogP contribution in [0.2, 0.25) is 0 Å². The molecule has 0 unspecified atom stereocenters. The number of rotatable bonds is 5. The second-order valence-corrected chi connectivity index (χ2v) is 8.07. The van der Waals surface area contributed by atoms with Crippen molar-refractivity contribution in [2.75, 3.05) is 0 Å². The molecule has 0 bridgehead atoms. The second-order valence-electron chi connectivity index (χ2n) is 8.07. The fraction of sp³-hybridized carbons (Fsp3) is 0.333. The van der Waals surface area contributed by atoms with E-state index in [-0.39, 0.29) is 24.3 Å². The first kappa shape index (κ1) is 21.2. The normalized spacial score (nSPS) is 25.9. The zero-order valence-electron chi connectivity index (χ0n) is 17.5. The number of aliphatic hydroxyl groups excluding tert-OH is 1. The number of nitrogens with zero attached hydrogens (tertiary/aromatic N) is 3. The van der Waals surface area contributed by atoms with Gasteiger partial charge in [-0.25, -0.2) is 4.98 Å². The Morgan fingerprint density at radius 1 is 1.16 bits per heavy atom. The fourth-order valence-corrected chi connectivity index (χ4v) is 3.76. The summed E-state index contributed by atoms with van der Waals surface area (Å²) in [6.45, 7) is 3.29. The molecule has 7 nitrogen and oxygen atoms in total. The molecule has 0 spiro atoms. The Morgan fingerprint density at radius 3 is 2.68 bits per heavy atom. The van der Waals surface area contributed by atoms with Crippen LogP contribution in [0.1, 0.15) is 48.0 Å². The highest BCUT2D eigenvalue weighted by Gasteiger charge is 2.44. The van der Waals surface area contributed by atoms with Crippen molar-refractivity contribution in [3.05, 3.63) is 78.0 Å². The molecule has 2 N–H and O–H groups in total. The number of hydrogen-bond acceptors (Lipinski definition) is 7. The van der Waals surface area contributed by atoms with Crippen LogP contribution in [0.5, 0.6) is 0 Å².